The van der Waals surface area contributed by atoms with Crippen LogP contribution in [0.5, 0.6) is 0 Å². The molecule has 4 aromatic rings. The normalized spacial score (nSPS) is 11.3. The third-order valence-corrected chi connectivity index (χ3v) is 5.48. The zero-order valence-corrected chi connectivity index (χ0v) is 15.3. The van der Waals surface area contributed by atoms with Gasteiger partial charge in [-0.1, -0.05) is 51.4 Å². The van der Waals surface area contributed by atoms with Crippen molar-refractivity contribution in [3.05, 3.63) is 55.5 Å². The summed E-state index contributed by atoms with van der Waals surface area (Å²) >= 11 is 19.3. The minimum absolute atomic E-state index is 0.301. The molecule has 0 fully saturated rings. The van der Waals surface area contributed by atoms with Gasteiger partial charge in [0, 0.05) is 0 Å². The Morgan fingerprint density at radius 2 is 1.96 bits per heavy atom. The molecule has 0 aliphatic heterocycles. The lowest BCUT2D eigenvalue weighted by Gasteiger charge is -2.05. The largest absolute Gasteiger partial charge is 0.303 e. The van der Waals surface area contributed by atoms with E-state index in [0.29, 0.717) is 42.8 Å². The third kappa shape index (κ3) is 3.25. The average Bonchev–Trinajstić information content (AvgIpc) is 3.18. The van der Waals surface area contributed by atoms with Gasteiger partial charge in [0.15, 0.2) is 10.5 Å². The summed E-state index contributed by atoms with van der Waals surface area (Å²) in [5.74, 6) is 0. The van der Waals surface area contributed by atoms with E-state index in [9.17, 15) is 4.79 Å². The Bertz CT molecular complexity index is 1130. The second-order valence-corrected chi connectivity index (χ2v) is 7.26. The van der Waals surface area contributed by atoms with Gasteiger partial charge >= 0.3 is 0 Å². The third-order valence-electron chi connectivity index (χ3n) is 3.30. The van der Waals surface area contributed by atoms with E-state index >= 15 is 0 Å². The summed E-state index contributed by atoms with van der Waals surface area (Å²) in [6.45, 7) is 0.420. The quantitative estimate of drug-likeness (QED) is 0.518. The van der Waals surface area contributed by atoms with Crippen LogP contribution >= 0.6 is 46.1 Å². The number of benzene rings is 1. The van der Waals surface area contributed by atoms with Gasteiger partial charge in [-0.25, -0.2) is 14.6 Å². The molecule has 1 N–H and O–H groups in total. The van der Waals surface area contributed by atoms with Crippen molar-refractivity contribution in [1.29, 1.82) is 0 Å². The van der Waals surface area contributed by atoms with E-state index in [-0.39, 0.29) is 5.56 Å². The molecule has 0 bridgehead atoms. The molecule has 25 heavy (non-hydrogen) atoms. The standard InChI is InChI=1S/C14H7Cl3N6OS/c15-7-1-6(2-8(16)11(7)17)4-23-5-9(21-22-23)13-20-12-14(25-13)18-3-10(24)19-12/h1-3,5H,4H2,(H,19,24). The van der Waals surface area contributed by atoms with E-state index in [1.165, 1.54) is 17.5 Å². The molecule has 4 rings (SSSR count). The summed E-state index contributed by atoms with van der Waals surface area (Å²) in [7, 11) is 0. The fourth-order valence-electron chi connectivity index (χ4n) is 2.22. The molecule has 0 aliphatic carbocycles. The number of aromatic nitrogens is 6. The highest BCUT2D eigenvalue weighted by Crippen LogP contribution is 2.31. The predicted molar refractivity (Wildman–Crippen MR) is 97.6 cm³/mol. The molecule has 0 saturated carbocycles. The van der Waals surface area contributed by atoms with Crippen LogP contribution < -0.4 is 5.56 Å². The van der Waals surface area contributed by atoms with E-state index in [4.69, 9.17) is 34.8 Å². The van der Waals surface area contributed by atoms with Crippen molar-refractivity contribution in [3.63, 3.8) is 0 Å². The van der Waals surface area contributed by atoms with Crippen LogP contribution in [-0.2, 0) is 6.54 Å². The lowest BCUT2D eigenvalue weighted by Crippen LogP contribution is -2.03. The Labute approximate surface area is 159 Å². The monoisotopic (exact) mass is 412 g/mol. The number of rotatable bonds is 3. The van der Waals surface area contributed by atoms with Crippen LogP contribution in [0.2, 0.25) is 15.1 Å². The number of aromatic amines is 1. The van der Waals surface area contributed by atoms with E-state index in [2.05, 4.69) is 25.3 Å². The zero-order valence-electron chi connectivity index (χ0n) is 12.2. The Hall–Kier alpha value is -2.00. The van der Waals surface area contributed by atoms with Crippen molar-refractivity contribution >= 4 is 56.6 Å². The van der Waals surface area contributed by atoms with Gasteiger partial charge in [0.25, 0.3) is 5.56 Å². The van der Waals surface area contributed by atoms with Gasteiger partial charge in [-0.15, -0.1) is 5.10 Å². The maximum atomic E-state index is 11.3. The lowest BCUT2D eigenvalue weighted by molar-refractivity contribution is 0.650. The van der Waals surface area contributed by atoms with Crippen LogP contribution in [0.3, 0.4) is 0 Å². The molecule has 0 atom stereocenters. The van der Waals surface area contributed by atoms with Crippen molar-refractivity contribution in [2.75, 3.05) is 0 Å². The second-order valence-electron chi connectivity index (χ2n) is 5.10. The topological polar surface area (TPSA) is 89.3 Å². The molecule has 3 aromatic heterocycles. The molecule has 126 valence electrons. The van der Waals surface area contributed by atoms with Crippen LogP contribution in [0.1, 0.15) is 5.56 Å². The van der Waals surface area contributed by atoms with Gasteiger partial charge < -0.3 is 4.98 Å². The van der Waals surface area contributed by atoms with Crippen molar-refractivity contribution < 1.29 is 0 Å². The summed E-state index contributed by atoms with van der Waals surface area (Å²) < 4.78 is 1.63. The van der Waals surface area contributed by atoms with E-state index in [1.54, 1.807) is 23.0 Å². The molecular formula is C14H7Cl3N6OS. The first kappa shape index (κ1) is 16.5. The summed E-state index contributed by atoms with van der Waals surface area (Å²) in [4.78, 5) is 22.9. The van der Waals surface area contributed by atoms with Gasteiger partial charge in [0.1, 0.15) is 10.7 Å². The molecule has 0 saturated heterocycles. The van der Waals surface area contributed by atoms with Crippen LogP contribution in [0.15, 0.2) is 29.3 Å². The smallest absolute Gasteiger partial charge is 0.268 e. The Kier molecular flexibility index (Phi) is 4.20. The van der Waals surface area contributed by atoms with Crippen LogP contribution in [0.25, 0.3) is 21.2 Å². The predicted octanol–water partition coefficient (Wildman–Crippen LogP) is 3.65. The number of hydrogen-bond donors (Lipinski definition) is 1. The van der Waals surface area contributed by atoms with Gasteiger partial charge in [-0.05, 0) is 17.7 Å². The van der Waals surface area contributed by atoms with E-state index in [0.717, 1.165) is 5.56 Å². The molecule has 0 unspecified atom stereocenters. The SMILES string of the molecule is O=c1cnc2sc(-c3cn(Cc4cc(Cl)c(Cl)c(Cl)c4)nn3)nc2[nH]1. The van der Waals surface area contributed by atoms with Crippen molar-refractivity contribution in [1.82, 2.24) is 29.9 Å². The number of halogens is 3. The number of H-pyrrole nitrogens is 1. The van der Waals surface area contributed by atoms with Crippen LogP contribution in [0, 0.1) is 0 Å². The van der Waals surface area contributed by atoms with E-state index in [1.807, 2.05) is 0 Å². The molecule has 0 radical (unpaired) electrons. The number of nitrogens with one attached hydrogen (secondary N) is 1. The Balaban J connectivity index is 1.64. The fourth-order valence-corrected chi connectivity index (χ4v) is 3.68. The van der Waals surface area contributed by atoms with Gasteiger partial charge in [-0.2, -0.15) is 0 Å². The number of nitrogens with zero attached hydrogens (tertiary/aromatic N) is 5. The molecule has 7 nitrogen and oxygen atoms in total. The molecule has 0 aliphatic rings. The highest BCUT2D eigenvalue weighted by Gasteiger charge is 2.13. The number of thiazole rings is 1. The minimum atomic E-state index is -0.301. The first-order valence-corrected chi connectivity index (χ1v) is 8.84. The molecule has 0 amide bonds. The molecule has 11 heteroatoms. The fraction of sp³-hybridized carbons (Fsp3) is 0.0714. The summed E-state index contributed by atoms with van der Waals surface area (Å²) in [6.07, 6.45) is 2.96. The van der Waals surface area contributed by atoms with Gasteiger partial charge in [0.2, 0.25) is 0 Å². The van der Waals surface area contributed by atoms with Gasteiger partial charge in [0.05, 0.1) is 34.0 Å². The highest BCUT2D eigenvalue weighted by atomic mass is 35.5. The summed E-state index contributed by atoms with van der Waals surface area (Å²) in [5, 5.41) is 9.89. The molecular weight excluding hydrogens is 407 g/mol. The van der Waals surface area contributed by atoms with Gasteiger partial charge in [-0.3, -0.25) is 4.79 Å². The van der Waals surface area contributed by atoms with Crippen molar-refractivity contribution in [2.45, 2.75) is 6.54 Å². The number of hydrogen-bond acceptors (Lipinski definition) is 6. The minimum Gasteiger partial charge on any atom is -0.303 e. The Morgan fingerprint density at radius 1 is 1.20 bits per heavy atom. The average molecular weight is 414 g/mol. The first-order chi connectivity index (χ1) is 12.0. The zero-order chi connectivity index (χ0) is 17.6. The number of fused-ring (bicyclic) bond motifs is 1. The Morgan fingerprint density at radius 3 is 2.72 bits per heavy atom. The lowest BCUT2D eigenvalue weighted by atomic mass is 10.2. The molecule has 1 aromatic carbocycles. The van der Waals surface area contributed by atoms with Crippen molar-refractivity contribution in [3.8, 4) is 10.7 Å². The first-order valence-electron chi connectivity index (χ1n) is 6.89. The molecule has 3 heterocycles. The van der Waals surface area contributed by atoms with E-state index < -0.39 is 0 Å². The molecule has 0 spiro atoms. The highest BCUT2D eigenvalue weighted by molar-refractivity contribution is 7.21. The maximum Gasteiger partial charge on any atom is 0.268 e. The second kappa shape index (κ2) is 6.38. The maximum absolute atomic E-state index is 11.3. The van der Waals surface area contributed by atoms with Crippen LogP contribution in [0.4, 0.5) is 0 Å². The van der Waals surface area contributed by atoms with Crippen LogP contribution in [-0.4, -0.2) is 29.9 Å². The van der Waals surface area contributed by atoms with Crippen molar-refractivity contribution in [2.24, 2.45) is 0 Å². The summed E-state index contributed by atoms with van der Waals surface area (Å²) in [6, 6.07) is 3.45. The summed E-state index contributed by atoms with van der Waals surface area (Å²) in [5.41, 5.74) is 1.55.